The average molecular weight is 572 g/mol. The Morgan fingerprint density at radius 1 is 1.02 bits per heavy atom. The first-order valence-electron chi connectivity index (χ1n) is 13.4. The molecule has 1 fully saturated rings. The number of nitrogens with zero attached hydrogens (tertiary/aromatic N) is 3. The van der Waals surface area contributed by atoms with Crippen molar-refractivity contribution in [3.8, 4) is 5.69 Å². The lowest BCUT2D eigenvalue weighted by atomic mass is 9.93. The highest BCUT2D eigenvalue weighted by atomic mass is 35.5. The highest BCUT2D eigenvalue weighted by Gasteiger charge is 2.42. The Balaban J connectivity index is 1.51. The fraction of sp³-hybridized carbons (Fsp3) is 0.281. The van der Waals surface area contributed by atoms with Gasteiger partial charge in [-0.05, 0) is 99.9 Å². The van der Waals surface area contributed by atoms with Gasteiger partial charge < -0.3 is 20.1 Å². The monoisotopic (exact) mass is 571 g/mol. The topological polar surface area (TPSA) is 62.2 Å². The maximum Gasteiger partial charge on any atom is 0.226 e. The summed E-state index contributed by atoms with van der Waals surface area (Å²) in [6.45, 7) is 10.9. The summed E-state index contributed by atoms with van der Waals surface area (Å²) >= 11 is 12.3. The summed E-state index contributed by atoms with van der Waals surface area (Å²) in [6.07, 6.45) is 2.10. The van der Waals surface area contributed by atoms with E-state index in [2.05, 4.69) is 51.9 Å². The van der Waals surface area contributed by atoms with Crippen LogP contribution in [-0.4, -0.2) is 32.0 Å². The lowest BCUT2D eigenvalue weighted by molar-refractivity contribution is -0.116. The number of benzene rings is 2. The van der Waals surface area contributed by atoms with Crippen molar-refractivity contribution in [3.63, 3.8) is 0 Å². The van der Waals surface area contributed by atoms with Gasteiger partial charge in [0, 0.05) is 52.5 Å². The van der Waals surface area contributed by atoms with E-state index < -0.39 is 0 Å². The minimum Gasteiger partial charge on any atom is -0.352 e. The molecular weight excluding hydrogens is 538 g/mol. The molecule has 40 heavy (non-hydrogen) atoms. The van der Waals surface area contributed by atoms with E-state index in [0.717, 1.165) is 39.6 Å². The molecule has 206 valence electrons. The van der Waals surface area contributed by atoms with Crippen molar-refractivity contribution in [2.75, 3.05) is 11.9 Å². The molecule has 6 nitrogen and oxygen atoms in total. The summed E-state index contributed by atoms with van der Waals surface area (Å²) in [5, 5.41) is 7.92. The first-order chi connectivity index (χ1) is 19.2. The van der Waals surface area contributed by atoms with Crippen LogP contribution in [-0.2, 0) is 4.79 Å². The zero-order valence-corrected chi connectivity index (χ0v) is 25.0. The lowest BCUT2D eigenvalue weighted by Gasteiger charge is -2.29. The molecule has 4 aromatic rings. The minimum absolute atomic E-state index is 0.0438. The molecule has 5 rings (SSSR count). The molecule has 1 saturated heterocycles. The molecule has 8 heteroatoms. The maximum atomic E-state index is 13.1. The molecule has 2 atom stereocenters. The van der Waals surface area contributed by atoms with Crippen molar-refractivity contribution in [1.82, 2.24) is 19.8 Å². The molecular formula is C32H34ClN5OS. The second kappa shape index (κ2) is 11.4. The number of amides is 1. The van der Waals surface area contributed by atoms with E-state index in [1.165, 1.54) is 11.1 Å². The van der Waals surface area contributed by atoms with Crippen molar-refractivity contribution in [3.05, 3.63) is 111 Å². The van der Waals surface area contributed by atoms with Crippen molar-refractivity contribution in [1.29, 1.82) is 0 Å². The molecule has 0 spiro atoms. The lowest BCUT2D eigenvalue weighted by Crippen LogP contribution is -2.33. The molecule has 1 aliphatic heterocycles. The summed E-state index contributed by atoms with van der Waals surface area (Å²) in [4.78, 5) is 19.9. The van der Waals surface area contributed by atoms with E-state index in [0.29, 0.717) is 23.1 Å². The first kappa shape index (κ1) is 27.9. The van der Waals surface area contributed by atoms with Gasteiger partial charge in [0.2, 0.25) is 5.91 Å². The molecule has 1 amide bonds. The smallest absolute Gasteiger partial charge is 0.226 e. The minimum atomic E-state index is -0.164. The summed E-state index contributed by atoms with van der Waals surface area (Å²) < 4.78 is 2.25. The van der Waals surface area contributed by atoms with Crippen molar-refractivity contribution >= 4 is 40.5 Å². The third-order valence-electron chi connectivity index (χ3n) is 7.81. The van der Waals surface area contributed by atoms with Gasteiger partial charge in [-0.2, -0.15) is 0 Å². The second-order valence-electron chi connectivity index (χ2n) is 10.5. The number of rotatable bonds is 7. The Bertz CT molecular complexity index is 1580. The van der Waals surface area contributed by atoms with Gasteiger partial charge in [-0.1, -0.05) is 35.9 Å². The van der Waals surface area contributed by atoms with Crippen LogP contribution in [0, 0.1) is 34.6 Å². The molecule has 1 aliphatic rings. The number of carbonyl (C=O) groups is 1. The van der Waals surface area contributed by atoms with Crippen LogP contribution >= 0.6 is 23.8 Å². The van der Waals surface area contributed by atoms with E-state index in [4.69, 9.17) is 23.8 Å². The molecule has 0 aliphatic carbocycles. The number of anilines is 1. The van der Waals surface area contributed by atoms with Gasteiger partial charge in [-0.3, -0.25) is 9.78 Å². The van der Waals surface area contributed by atoms with E-state index in [1.807, 2.05) is 68.4 Å². The maximum absolute atomic E-state index is 13.1. The third kappa shape index (κ3) is 5.36. The van der Waals surface area contributed by atoms with Gasteiger partial charge in [0.15, 0.2) is 5.11 Å². The summed E-state index contributed by atoms with van der Waals surface area (Å²) in [7, 11) is 0. The highest BCUT2D eigenvalue weighted by Crippen LogP contribution is 2.43. The number of pyridine rings is 1. The average Bonchev–Trinajstić information content (AvgIpc) is 3.36. The molecule has 3 heterocycles. The van der Waals surface area contributed by atoms with Crippen LogP contribution in [0.3, 0.4) is 0 Å². The zero-order valence-electron chi connectivity index (χ0n) is 23.5. The van der Waals surface area contributed by atoms with Crippen molar-refractivity contribution < 1.29 is 4.79 Å². The molecule has 0 radical (unpaired) electrons. The van der Waals surface area contributed by atoms with E-state index in [9.17, 15) is 4.79 Å². The molecule has 2 aromatic carbocycles. The molecule has 0 unspecified atom stereocenters. The Labute approximate surface area is 246 Å². The predicted molar refractivity (Wildman–Crippen MR) is 166 cm³/mol. The third-order valence-corrected chi connectivity index (χ3v) is 8.40. The van der Waals surface area contributed by atoms with Crippen LogP contribution in [0.4, 0.5) is 5.69 Å². The predicted octanol–water partition coefficient (Wildman–Crippen LogP) is 7.07. The Kier molecular flexibility index (Phi) is 7.97. The SMILES string of the molecule is Cc1ccc(C)c(NC(=O)CCN2C(=S)N[C@@H](c3ccccn3)[C@@H]2c2c(C)c(C)n(-c3cccc(Cl)c3)c2C)c1. The molecule has 0 saturated carbocycles. The van der Waals surface area contributed by atoms with E-state index in [-0.39, 0.29) is 18.0 Å². The largest absolute Gasteiger partial charge is 0.352 e. The zero-order chi connectivity index (χ0) is 28.6. The number of aryl methyl sites for hydroxylation is 2. The molecule has 2 aromatic heterocycles. The van der Waals surface area contributed by atoms with Crippen molar-refractivity contribution in [2.24, 2.45) is 0 Å². The Hall–Kier alpha value is -3.68. The number of aromatic nitrogens is 2. The van der Waals surface area contributed by atoms with Gasteiger partial charge in [-0.25, -0.2) is 0 Å². The van der Waals surface area contributed by atoms with Crippen LogP contribution in [0.5, 0.6) is 0 Å². The number of nitrogens with one attached hydrogen (secondary N) is 2. The number of carbonyl (C=O) groups excluding carboxylic acids is 1. The van der Waals surface area contributed by atoms with Gasteiger partial charge in [-0.15, -0.1) is 0 Å². The number of thiocarbonyl (C=S) groups is 1. The van der Waals surface area contributed by atoms with Crippen LogP contribution < -0.4 is 10.6 Å². The first-order valence-corrected chi connectivity index (χ1v) is 14.2. The number of halogens is 1. The van der Waals surface area contributed by atoms with Crippen LogP contribution in [0.1, 0.15) is 57.8 Å². The fourth-order valence-corrected chi connectivity index (χ4v) is 6.23. The summed E-state index contributed by atoms with van der Waals surface area (Å²) in [6, 6.07) is 19.6. The van der Waals surface area contributed by atoms with E-state index in [1.54, 1.807) is 6.20 Å². The van der Waals surface area contributed by atoms with Crippen molar-refractivity contribution in [2.45, 2.75) is 53.1 Å². The number of hydrogen-bond acceptors (Lipinski definition) is 3. The Morgan fingerprint density at radius 3 is 2.55 bits per heavy atom. The standard InChI is InChI=1S/C32H34ClN5OS/c1-19-12-13-20(2)27(17-19)35-28(39)14-16-37-31(30(36-32(37)40)26-11-6-7-15-34-26)29-21(3)22(4)38(23(29)5)25-10-8-9-24(33)18-25/h6-13,15,17-18,30-31H,14,16H2,1-5H3,(H,35,39)(H,36,40)/t30-,31-/m0/s1. The Morgan fingerprint density at radius 2 is 1.82 bits per heavy atom. The van der Waals surface area contributed by atoms with Gasteiger partial charge in [0.25, 0.3) is 0 Å². The van der Waals surface area contributed by atoms with Gasteiger partial charge >= 0.3 is 0 Å². The summed E-state index contributed by atoms with van der Waals surface area (Å²) in [5.41, 5.74) is 9.51. The van der Waals surface area contributed by atoms with Gasteiger partial charge in [0.1, 0.15) is 0 Å². The quantitative estimate of drug-likeness (QED) is 0.232. The normalized spacial score (nSPS) is 16.8. The molecule has 0 bridgehead atoms. The highest BCUT2D eigenvalue weighted by molar-refractivity contribution is 7.80. The van der Waals surface area contributed by atoms with Crippen LogP contribution in [0.25, 0.3) is 5.69 Å². The van der Waals surface area contributed by atoms with Gasteiger partial charge in [0.05, 0.1) is 17.8 Å². The van der Waals surface area contributed by atoms with E-state index >= 15 is 0 Å². The fourth-order valence-electron chi connectivity index (χ4n) is 5.71. The summed E-state index contributed by atoms with van der Waals surface area (Å²) in [5.74, 6) is -0.0438. The second-order valence-corrected chi connectivity index (χ2v) is 11.3. The van der Waals surface area contributed by atoms with Crippen LogP contribution in [0.15, 0.2) is 66.9 Å². The van der Waals surface area contributed by atoms with Crippen LogP contribution in [0.2, 0.25) is 5.02 Å². The number of hydrogen-bond donors (Lipinski definition) is 2. The molecule has 2 N–H and O–H groups in total.